The third-order valence-corrected chi connectivity index (χ3v) is 4.62. The molecule has 1 fully saturated rings. The maximum atomic E-state index is 5.45. The van der Waals surface area contributed by atoms with Crippen LogP contribution in [0.15, 0.2) is 28.6 Å². The van der Waals surface area contributed by atoms with Crippen LogP contribution in [-0.2, 0) is 4.74 Å². The van der Waals surface area contributed by atoms with Gasteiger partial charge in [-0.2, -0.15) is 0 Å². The highest BCUT2D eigenvalue weighted by molar-refractivity contribution is 7.07. The van der Waals surface area contributed by atoms with Crippen LogP contribution >= 0.6 is 23.7 Å². The normalized spacial score (nSPS) is 15.8. The summed E-state index contributed by atoms with van der Waals surface area (Å²) in [5.41, 5.74) is 4.76. The van der Waals surface area contributed by atoms with Crippen LogP contribution in [0.4, 0.5) is 5.69 Å². The predicted octanol–water partition coefficient (Wildman–Crippen LogP) is 3.10. The number of morpholine rings is 1. The van der Waals surface area contributed by atoms with Crippen molar-refractivity contribution in [2.75, 3.05) is 31.3 Å². The zero-order valence-corrected chi connectivity index (χ0v) is 14.8. The van der Waals surface area contributed by atoms with Crippen LogP contribution in [-0.4, -0.2) is 31.0 Å². The van der Waals surface area contributed by atoms with E-state index < -0.39 is 0 Å². The second-order valence-electron chi connectivity index (χ2n) is 5.44. The Balaban J connectivity index is 0.00000176. The van der Waals surface area contributed by atoms with E-state index in [1.807, 2.05) is 0 Å². The van der Waals surface area contributed by atoms with Gasteiger partial charge in [0.1, 0.15) is 0 Å². The molecule has 0 atom stereocenters. The molecular weight excluding hydrogens is 318 g/mol. The van der Waals surface area contributed by atoms with Crippen molar-refractivity contribution in [1.82, 2.24) is 4.68 Å². The molecule has 0 N–H and O–H groups in total. The number of hydrogen-bond acceptors (Lipinski definition) is 4. The zero-order valence-electron chi connectivity index (χ0n) is 13.2. The van der Waals surface area contributed by atoms with Gasteiger partial charge in [0.05, 0.1) is 32.0 Å². The number of rotatable bonds is 2. The molecule has 1 aliphatic rings. The second-order valence-corrected chi connectivity index (χ2v) is 6.28. The molecule has 0 spiro atoms. The smallest absolute Gasteiger partial charge is 0.209 e. The van der Waals surface area contributed by atoms with Crippen LogP contribution in [0, 0.1) is 20.8 Å². The molecule has 22 heavy (non-hydrogen) atoms. The van der Waals surface area contributed by atoms with E-state index in [2.05, 4.69) is 54.0 Å². The first-order chi connectivity index (χ1) is 10.1. The van der Waals surface area contributed by atoms with E-state index in [1.54, 1.807) is 11.3 Å². The van der Waals surface area contributed by atoms with Gasteiger partial charge in [0.2, 0.25) is 4.80 Å². The second kappa shape index (κ2) is 7.31. The molecule has 0 radical (unpaired) electrons. The average Bonchev–Trinajstić information content (AvgIpc) is 2.84. The van der Waals surface area contributed by atoms with Crippen molar-refractivity contribution < 1.29 is 4.74 Å². The molecule has 0 bridgehead atoms. The Morgan fingerprint density at radius 3 is 2.55 bits per heavy atom. The molecule has 120 valence electrons. The quantitative estimate of drug-likeness (QED) is 0.841. The highest BCUT2D eigenvalue weighted by atomic mass is 35.5. The van der Waals surface area contributed by atoms with E-state index >= 15 is 0 Å². The maximum Gasteiger partial charge on any atom is 0.209 e. The van der Waals surface area contributed by atoms with Crippen molar-refractivity contribution in [3.63, 3.8) is 0 Å². The molecule has 1 aliphatic heterocycles. The molecule has 1 aromatic heterocycles. The lowest BCUT2D eigenvalue weighted by atomic mass is 10.1. The van der Waals surface area contributed by atoms with Gasteiger partial charge >= 0.3 is 0 Å². The van der Waals surface area contributed by atoms with Crippen LogP contribution in [0.2, 0.25) is 0 Å². The summed E-state index contributed by atoms with van der Waals surface area (Å²) in [6.45, 7) is 9.75. The highest BCUT2D eigenvalue weighted by Gasteiger charge is 2.14. The van der Waals surface area contributed by atoms with E-state index in [9.17, 15) is 0 Å². The number of benzene rings is 1. The standard InChI is InChI=1S/C16H21N3OS.ClH/c1-12-4-5-15(13(2)10-12)17-16-19(14(3)11-21-16)18-6-8-20-9-7-18;/h4-5,10-11H,6-9H2,1-3H3;1H. The lowest BCUT2D eigenvalue weighted by molar-refractivity contribution is 0.110. The largest absolute Gasteiger partial charge is 0.378 e. The van der Waals surface area contributed by atoms with Crippen LogP contribution in [0.5, 0.6) is 0 Å². The van der Waals surface area contributed by atoms with Crippen molar-refractivity contribution in [3.05, 3.63) is 45.2 Å². The number of halogens is 1. The van der Waals surface area contributed by atoms with Crippen LogP contribution in [0.1, 0.15) is 16.8 Å². The van der Waals surface area contributed by atoms with Crippen molar-refractivity contribution >= 4 is 29.4 Å². The number of nitrogens with zero attached hydrogens (tertiary/aromatic N) is 3. The summed E-state index contributed by atoms with van der Waals surface area (Å²) in [7, 11) is 0. The van der Waals surface area contributed by atoms with Gasteiger partial charge in [-0.25, -0.2) is 9.67 Å². The number of aryl methyl sites for hydroxylation is 3. The van der Waals surface area contributed by atoms with Gasteiger partial charge in [-0.3, -0.25) is 0 Å². The lowest BCUT2D eigenvalue weighted by Crippen LogP contribution is -2.48. The Labute approximate surface area is 141 Å². The summed E-state index contributed by atoms with van der Waals surface area (Å²) in [6.07, 6.45) is 0. The molecule has 0 unspecified atom stereocenters. The van der Waals surface area contributed by atoms with Gasteiger partial charge in [-0.1, -0.05) is 17.7 Å². The van der Waals surface area contributed by atoms with Crippen molar-refractivity contribution in [1.29, 1.82) is 0 Å². The van der Waals surface area contributed by atoms with E-state index in [4.69, 9.17) is 9.73 Å². The average molecular weight is 340 g/mol. The molecular formula is C16H22ClN3OS. The molecule has 0 saturated carbocycles. The Morgan fingerprint density at radius 1 is 1.14 bits per heavy atom. The molecule has 0 aliphatic carbocycles. The van der Waals surface area contributed by atoms with Gasteiger partial charge in [-0.05, 0) is 32.4 Å². The molecule has 6 heteroatoms. The molecule has 4 nitrogen and oxygen atoms in total. The monoisotopic (exact) mass is 339 g/mol. The molecule has 0 amide bonds. The van der Waals surface area contributed by atoms with Crippen molar-refractivity contribution in [2.45, 2.75) is 20.8 Å². The number of aromatic nitrogens is 1. The molecule has 1 aromatic carbocycles. The topological polar surface area (TPSA) is 29.8 Å². The van der Waals surface area contributed by atoms with Crippen molar-refractivity contribution in [2.24, 2.45) is 4.99 Å². The third-order valence-electron chi connectivity index (χ3n) is 3.69. The predicted molar refractivity (Wildman–Crippen MR) is 94.2 cm³/mol. The van der Waals surface area contributed by atoms with E-state index in [1.165, 1.54) is 16.8 Å². The maximum absolute atomic E-state index is 5.45. The van der Waals surface area contributed by atoms with E-state index in [0.29, 0.717) is 0 Å². The fourth-order valence-corrected chi connectivity index (χ4v) is 3.48. The molecule has 2 aromatic rings. The third kappa shape index (κ3) is 3.54. The first-order valence-corrected chi connectivity index (χ1v) is 8.15. The lowest BCUT2D eigenvalue weighted by Gasteiger charge is -2.30. The van der Waals surface area contributed by atoms with Crippen molar-refractivity contribution in [3.8, 4) is 0 Å². The molecule has 1 saturated heterocycles. The van der Waals surface area contributed by atoms with Gasteiger partial charge in [0.25, 0.3) is 0 Å². The molecule has 2 heterocycles. The summed E-state index contributed by atoms with van der Waals surface area (Å²) in [4.78, 5) is 5.91. The summed E-state index contributed by atoms with van der Waals surface area (Å²) in [6, 6.07) is 6.40. The Bertz CT molecular complexity index is 702. The first kappa shape index (κ1) is 17.1. The van der Waals surface area contributed by atoms with Gasteiger partial charge < -0.3 is 9.75 Å². The Morgan fingerprint density at radius 2 is 1.86 bits per heavy atom. The van der Waals surface area contributed by atoms with Crippen LogP contribution in [0.25, 0.3) is 0 Å². The minimum Gasteiger partial charge on any atom is -0.378 e. The summed E-state index contributed by atoms with van der Waals surface area (Å²) >= 11 is 1.69. The van der Waals surface area contributed by atoms with Gasteiger partial charge in [-0.15, -0.1) is 23.7 Å². The minimum absolute atomic E-state index is 0. The number of ether oxygens (including phenoxy) is 1. The zero-order chi connectivity index (χ0) is 14.8. The fraction of sp³-hybridized carbons (Fsp3) is 0.438. The summed E-state index contributed by atoms with van der Waals surface area (Å²) in [5.74, 6) is 0. The number of hydrogen-bond donors (Lipinski definition) is 0. The number of thiazole rings is 1. The van der Waals surface area contributed by atoms with Crippen LogP contribution < -0.4 is 9.81 Å². The summed E-state index contributed by atoms with van der Waals surface area (Å²) < 4.78 is 7.67. The van der Waals surface area contributed by atoms with Crippen LogP contribution in [0.3, 0.4) is 0 Å². The Kier molecular flexibility index (Phi) is 5.67. The first-order valence-electron chi connectivity index (χ1n) is 7.27. The van der Waals surface area contributed by atoms with E-state index in [-0.39, 0.29) is 12.4 Å². The SMILES string of the molecule is Cc1ccc(N=c2scc(C)n2N2CCOCC2)c(C)c1.Cl. The minimum atomic E-state index is 0. The highest BCUT2D eigenvalue weighted by Crippen LogP contribution is 2.19. The van der Waals surface area contributed by atoms with Gasteiger partial charge in [0.15, 0.2) is 0 Å². The molecule has 3 rings (SSSR count). The van der Waals surface area contributed by atoms with E-state index in [0.717, 1.165) is 36.8 Å². The fourth-order valence-electron chi connectivity index (χ4n) is 2.59. The Hall–Kier alpha value is -1.30. The van der Waals surface area contributed by atoms with Gasteiger partial charge in [0, 0.05) is 11.1 Å². The summed E-state index contributed by atoms with van der Waals surface area (Å²) in [5, 5.41) is 4.48.